The summed E-state index contributed by atoms with van der Waals surface area (Å²) in [6.45, 7) is 0. The molecule has 0 saturated carbocycles. The number of thioether (sulfide) groups is 1. The van der Waals surface area contributed by atoms with E-state index in [0.29, 0.717) is 16.4 Å². The van der Waals surface area contributed by atoms with Crippen molar-refractivity contribution in [2.75, 3.05) is 6.26 Å². The minimum Gasteiger partial charge on any atom is -0.478 e. The van der Waals surface area contributed by atoms with Crippen molar-refractivity contribution in [2.24, 2.45) is 0 Å². The zero-order valence-electron chi connectivity index (χ0n) is 9.79. The third-order valence-electron chi connectivity index (χ3n) is 2.39. The lowest BCUT2D eigenvalue weighted by molar-refractivity contribution is 0.0690. The largest absolute Gasteiger partial charge is 0.478 e. The van der Waals surface area contributed by atoms with Gasteiger partial charge in [-0.2, -0.15) is 0 Å². The summed E-state index contributed by atoms with van der Waals surface area (Å²) in [6, 6.07) is 14.4. The average Bonchev–Trinajstić information content (AvgIpc) is 2.39. The van der Waals surface area contributed by atoms with Crippen LogP contribution in [-0.4, -0.2) is 17.3 Å². The van der Waals surface area contributed by atoms with Gasteiger partial charge in [-0.15, -0.1) is 11.8 Å². The van der Waals surface area contributed by atoms with Crippen LogP contribution < -0.4 is 4.74 Å². The van der Waals surface area contributed by atoms with Crippen LogP contribution >= 0.6 is 11.8 Å². The number of para-hydroxylation sites is 1. The van der Waals surface area contributed by atoms with Gasteiger partial charge in [0.2, 0.25) is 0 Å². The number of hydrogen-bond acceptors (Lipinski definition) is 3. The standard InChI is InChI=1S/C14H12O3S/c1-18-12-9-5-8-11(13(12)14(15)16)17-10-6-3-2-4-7-10/h2-9H,1H3,(H,15,16). The summed E-state index contributed by atoms with van der Waals surface area (Å²) in [7, 11) is 0. The first kappa shape index (κ1) is 12.5. The van der Waals surface area contributed by atoms with Gasteiger partial charge in [0.15, 0.2) is 0 Å². The third-order valence-corrected chi connectivity index (χ3v) is 3.17. The molecule has 4 heteroatoms. The second-order valence-electron chi connectivity index (χ2n) is 3.55. The van der Waals surface area contributed by atoms with Gasteiger partial charge in [-0.1, -0.05) is 24.3 Å². The molecule has 0 aliphatic heterocycles. The van der Waals surface area contributed by atoms with Crippen LogP contribution in [0.4, 0.5) is 0 Å². The van der Waals surface area contributed by atoms with Gasteiger partial charge in [-0.3, -0.25) is 0 Å². The van der Waals surface area contributed by atoms with Crippen molar-refractivity contribution in [1.82, 2.24) is 0 Å². The SMILES string of the molecule is CSc1cccc(Oc2ccccc2)c1C(=O)O. The lowest BCUT2D eigenvalue weighted by Gasteiger charge is -2.11. The highest BCUT2D eigenvalue weighted by atomic mass is 32.2. The minimum atomic E-state index is -0.981. The molecule has 0 aliphatic carbocycles. The number of benzene rings is 2. The second-order valence-corrected chi connectivity index (χ2v) is 4.40. The third kappa shape index (κ3) is 2.65. The quantitative estimate of drug-likeness (QED) is 0.847. The Bertz CT molecular complexity index is 552. The second kappa shape index (κ2) is 5.60. The summed E-state index contributed by atoms with van der Waals surface area (Å²) >= 11 is 1.39. The van der Waals surface area contributed by atoms with Gasteiger partial charge in [0.25, 0.3) is 0 Å². The molecular weight excluding hydrogens is 248 g/mol. The zero-order chi connectivity index (χ0) is 13.0. The van der Waals surface area contributed by atoms with Crippen LogP contribution in [0.1, 0.15) is 10.4 Å². The molecule has 1 N–H and O–H groups in total. The summed E-state index contributed by atoms with van der Waals surface area (Å²) in [5, 5.41) is 9.26. The molecule has 2 aromatic carbocycles. The van der Waals surface area contributed by atoms with E-state index in [-0.39, 0.29) is 5.56 Å². The lowest BCUT2D eigenvalue weighted by Crippen LogP contribution is -2.02. The van der Waals surface area contributed by atoms with E-state index in [4.69, 9.17) is 4.74 Å². The Hall–Kier alpha value is -1.94. The van der Waals surface area contributed by atoms with E-state index in [1.165, 1.54) is 11.8 Å². The maximum Gasteiger partial charge on any atom is 0.340 e. The Morgan fingerprint density at radius 3 is 2.44 bits per heavy atom. The summed E-state index contributed by atoms with van der Waals surface area (Å²) in [5.74, 6) is 0.00434. The molecule has 0 aliphatic rings. The van der Waals surface area contributed by atoms with Crippen molar-refractivity contribution in [1.29, 1.82) is 0 Å². The summed E-state index contributed by atoms with van der Waals surface area (Å²) in [4.78, 5) is 12.0. The maximum atomic E-state index is 11.3. The monoisotopic (exact) mass is 260 g/mol. The van der Waals surface area contributed by atoms with Crippen molar-refractivity contribution in [3.63, 3.8) is 0 Å². The van der Waals surface area contributed by atoms with Crippen molar-refractivity contribution < 1.29 is 14.6 Å². The van der Waals surface area contributed by atoms with Crippen molar-refractivity contribution >= 4 is 17.7 Å². The Morgan fingerprint density at radius 1 is 1.11 bits per heavy atom. The molecule has 0 atom stereocenters. The topological polar surface area (TPSA) is 46.5 Å². The summed E-state index contributed by atoms with van der Waals surface area (Å²) in [6.07, 6.45) is 1.84. The first-order valence-corrected chi connectivity index (χ1v) is 6.58. The van der Waals surface area contributed by atoms with Crippen molar-refractivity contribution in [3.8, 4) is 11.5 Å². The molecule has 0 spiro atoms. The van der Waals surface area contributed by atoms with Gasteiger partial charge in [-0.05, 0) is 30.5 Å². The number of carboxylic acid groups (broad SMARTS) is 1. The fraction of sp³-hybridized carbons (Fsp3) is 0.0714. The fourth-order valence-electron chi connectivity index (χ4n) is 1.59. The Kier molecular flexibility index (Phi) is 3.89. The molecule has 0 unspecified atom stereocenters. The molecule has 2 rings (SSSR count). The van der Waals surface area contributed by atoms with E-state index in [1.54, 1.807) is 30.3 Å². The van der Waals surface area contributed by atoms with E-state index in [9.17, 15) is 9.90 Å². The molecule has 0 radical (unpaired) electrons. The highest BCUT2D eigenvalue weighted by Gasteiger charge is 2.16. The van der Waals surface area contributed by atoms with Crippen molar-refractivity contribution in [3.05, 3.63) is 54.1 Å². The summed E-state index contributed by atoms with van der Waals surface area (Å²) < 4.78 is 5.62. The molecule has 3 nitrogen and oxygen atoms in total. The first-order chi connectivity index (χ1) is 8.72. The number of ether oxygens (including phenoxy) is 1. The predicted molar refractivity (Wildman–Crippen MR) is 71.7 cm³/mol. The van der Waals surface area contributed by atoms with Crippen LogP contribution in [0.25, 0.3) is 0 Å². The van der Waals surface area contributed by atoms with Crippen LogP contribution in [0.5, 0.6) is 11.5 Å². The molecular formula is C14H12O3S. The molecule has 0 amide bonds. The van der Waals surface area contributed by atoms with Gasteiger partial charge < -0.3 is 9.84 Å². The van der Waals surface area contributed by atoms with E-state index < -0.39 is 5.97 Å². The predicted octanol–water partition coefficient (Wildman–Crippen LogP) is 3.90. The molecule has 18 heavy (non-hydrogen) atoms. The average molecular weight is 260 g/mol. The van der Waals surface area contributed by atoms with E-state index in [2.05, 4.69) is 0 Å². The van der Waals surface area contributed by atoms with Crippen molar-refractivity contribution in [2.45, 2.75) is 4.90 Å². The molecule has 0 saturated heterocycles. The van der Waals surface area contributed by atoms with Gasteiger partial charge in [0.05, 0.1) is 0 Å². The van der Waals surface area contributed by atoms with Crippen LogP contribution in [0, 0.1) is 0 Å². The molecule has 0 heterocycles. The van der Waals surface area contributed by atoms with Gasteiger partial charge >= 0.3 is 5.97 Å². The van der Waals surface area contributed by atoms with E-state index >= 15 is 0 Å². The normalized spacial score (nSPS) is 10.1. The Balaban J connectivity index is 2.42. The number of hydrogen-bond donors (Lipinski definition) is 1. The highest BCUT2D eigenvalue weighted by Crippen LogP contribution is 2.31. The molecule has 92 valence electrons. The molecule has 2 aromatic rings. The molecule has 0 bridgehead atoms. The minimum absolute atomic E-state index is 0.203. The number of rotatable bonds is 4. The van der Waals surface area contributed by atoms with Crippen LogP contribution in [-0.2, 0) is 0 Å². The zero-order valence-corrected chi connectivity index (χ0v) is 10.6. The summed E-state index contributed by atoms with van der Waals surface area (Å²) in [5.41, 5.74) is 0.203. The van der Waals surface area contributed by atoms with Crippen LogP contribution in [0.15, 0.2) is 53.4 Å². The lowest BCUT2D eigenvalue weighted by atomic mass is 10.2. The maximum absolute atomic E-state index is 11.3. The molecule has 0 fully saturated rings. The fourth-order valence-corrected chi connectivity index (χ4v) is 2.20. The first-order valence-electron chi connectivity index (χ1n) is 5.35. The number of carbonyl (C=O) groups is 1. The van der Waals surface area contributed by atoms with Crippen LogP contribution in [0.3, 0.4) is 0 Å². The van der Waals surface area contributed by atoms with E-state index in [0.717, 1.165) is 0 Å². The number of carboxylic acids is 1. The highest BCUT2D eigenvalue weighted by molar-refractivity contribution is 7.98. The van der Waals surface area contributed by atoms with Gasteiger partial charge in [-0.25, -0.2) is 4.79 Å². The number of aromatic carboxylic acids is 1. The van der Waals surface area contributed by atoms with Crippen LogP contribution in [0.2, 0.25) is 0 Å². The van der Waals surface area contributed by atoms with Gasteiger partial charge in [0.1, 0.15) is 17.1 Å². The smallest absolute Gasteiger partial charge is 0.340 e. The van der Waals surface area contributed by atoms with Gasteiger partial charge in [0, 0.05) is 4.90 Å². The molecule has 0 aromatic heterocycles. The van der Waals surface area contributed by atoms with E-state index in [1.807, 2.05) is 24.5 Å². The Morgan fingerprint density at radius 2 is 1.83 bits per heavy atom. The Labute approximate surface area is 109 Å².